The van der Waals surface area contributed by atoms with Gasteiger partial charge in [-0.3, -0.25) is 9.89 Å². The summed E-state index contributed by atoms with van der Waals surface area (Å²) in [4.78, 5) is 30.2. The molecule has 0 unspecified atom stereocenters. The van der Waals surface area contributed by atoms with Crippen LogP contribution >= 0.6 is 0 Å². The Bertz CT molecular complexity index is 1330. The van der Waals surface area contributed by atoms with Gasteiger partial charge in [0.1, 0.15) is 17.0 Å². The lowest BCUT2D eigenvalue weighted by Crippen LogP contribution is -2.57. The van der Waals surface area contributed by atoms with Crippen molar-refractivity contribution in [3.05, 3.63) is 65.0 Å². The second-order valence-corrected chi connectivity index (χ2v) is 12.9. The van der Waals surface area contributed by atoms with Gasteiger partial charge in [0.15, 0.2) is 5.69 Å². The number of nitrogens with one attached hydrogen (secondary N) is 1. The predicted molar refractivity (Wildman–Crippen MR) is 159 cm³/mol. The van der Waals surface area contributed by atoms with Crippen LogP contribution in [0.2, 0.25) is 0 Å². The smallest absolute Gasteiger partial charge is 0.410 e. The molecule has 4 rings (SSSR count). The van der Waals surface area contributed by atoms with Crippen LogP contribution in [0, 0.1) is 11.8 Å². The summed E-state index contributed by atoms with van der Waals surface area (Å²) in [6, 6.07) is 14.0. The van der Waals surface area contributed by atoms with E-state index in [2.05, 4.69) is 60.2 Å². The summed E-state index contributed by atoms with van der Waals surface area (Å²) in [5, 5.41) is 16.6. The van der Waals surface area contributed by atoms with E-state index in [4.69, 9.17) is 4.74 Å². The van der Waals surface area contributed by atoms with Gasteiger partial charge in [0.05, 0.1) is 6.04 Å². The zero-order valence-electron chi connectivity index (χ0n) is 25.5. The van der Waals surface area contributed by atoms with Gasteiger partial charge in [-0.1, -0.05) is 58.0 Å². The van der Waals surface area contributed by atoms with Crippen LogP contribution in [0.4, 0.5) is 4.79 Å². The van der Waals surface area contributed by atoms with Gasteiger partial charge in [-0.15, -0.1) is 10.2 Å². The molecule has 3 heterocycles. The third-order valence-electron chi connectivity index (χ3n) is 6.97. The number of hydrogen-bond acceptors (Lipinski definition) is 6. The molecule has 3 aromatic rings. The number of rotatable bonds is 8. The van der Waals surface area contributed by atoms with Crippen LogP contribution in [0.5, 0.6) is 0 Å². The number of amides is 2. The van der Waals surface area contributed by atoms with Crippen molar-refractivity contribution in [3.63, 3.8) is 0 Å². The molecule has 0 aliphatic carbocycles. The van der Waals surface area contributed by atoms with E-state index in [-0.39, 0.29) is 18.0 Å². The summed E-state index contributed by atoms with van der Waals surface area (Å²) in [5.41, 5.74) is 4.29. The van der Waals surface area contributed by atoms with Gasteiger partial charge >= 0.3 is 6.09 Å². The van der Waals surface area contributed by atoms with Gasteiger partial charge in [-0.2, -0.15) is 5.10 Å². The first-order valence-electron chi connectivity index (χ1n) is 14.6. The van der Waals surface area contributed by atoms with E-state index in [1.165, 1.54) is 5.56 Å². The van der Waals surface area contributed by atoms with E-state index in [0.717, 1.165) is 36.2 Å². The van der Waals surface area contributed by atoms with Crippen molar-refractivity contribution < 1.29 is 14.3 Å². The second kappa shape index (κ2) is 12.8. The van der Waals surface area contributed by atoms with Crippen LogP contribution < -0.4 is 0 Å². The second-order valence-electron chi connectivity index (χ2n) is 12.9. The first-order chi connectivity index (χ1) is 19.4. The molecule has 0 radical (unpaired) electrons. The van der Waals surface area contributed by atoms with E-state index < -0.39 is 5.60 Å². The van der Waals surface area contributed by atoms with Crippen molar-refractivity contribution in [2.45, 2.75) is 79.4 Å². The SMILES string of the molecule is CC(C)Cc1cc(C(=O)N2CCN(C(=O)OC(C)(C)C)[C@@H](CC(C)C)C2)nnc1-c1cc(Cc2ccccc2)[nH]n1. The minimum absolute atomic E-state index is 0.128. The minimum Gasteiger partial charge on any atom is -0.444 e. The molecule has 9 heteroatoms. The van der Waals surface area contributed by atoms with E-state index >= 15 is 0 Å². The third-order valence-corrected chi connectivity index (χ3v) is 6.97. The zero-order valence-corrected chi connectivity index (χ0v) is 25.5. The number of ether oxygens (including phenoxy) is 1. The van der Waals surface area contributed by atoms with Gasteiger partial charge in [0.2, 0.25) is 0 Å². The molecule has 1 saturated heterocycles. The maximum Gasteiger partial charge on any atom is 0.410 e. The van der Waals surface area contributed by atoms with Crippen molar-refractivity contribution in [1.29, 1.82) is 0 Å². The molecule has 0 bridgehead atoms. The quantitative estimate of drug-likeness (QED) is 0.375. The molecule has 2 amide bonds. The summed E-state index contributed by atoms with van der Waals surface area (Å²) < 4.78 is 5.66. The average molecular weight is 561 g/mol. The number of nitrogens with zero attached hydrogens (tertiary/aromatic N) is 5. The number of benzene rings is 1. The van der Waals surface area contributed by atoms with Crippen molar-refractivity contribution >= 4 is 12.0 Å². The zero-order chi connectivity index (χ0) is 29.7. The Morgan fingerprint density at radius 3 is 2.41 bits per heavy atom. The molecule has 0 spiro atoms. The van der Waals surface area contributed by atoms with Gasteiger partial charge in [0.25, 0.3) is 5.91 Å². The third kappa shape index (κ3) is 8.15. The van der Waals surface area contributed by atoms with Crippen LogP contribution in [-0.2, 0) is 17.6 Å². The molecule has 1 aliphatic rings. The molecule has 1 atom stereocenters. The fraction of sp³-hybridized carbons (Fsp3) is 0.531. The van der Waals surface area contributed by atoms with Crippen molar-refractivity contribution in [2.75, 3.05) is 19.6 Å². The number of carbonyl (C=O) groups is 2. The van der Waals surface area contributed by atoms with Gasteiger partial charge < -0.3 is 14.5 Å². The fourth-order valence-corrected chi connectivity index (χ4v) is 5.24. The Labute approximate surface area is 243 Å². The Balaban J connectivity index is 1.54. The maximum absolute atomic E-state index is 13.7. The highest BCUT2D eigenvalue weighted by Crippen LogP contribution is 2.26. The number of carbonyl (C=O) groups excluding carboxylic acids is 2. The Hall–Kier alpha value is -3.75. The van der Waals surface area contributed by atoms with Gasteiger partial charge in [-0.05, 0) is 68.7 Å². The molecule has 9 nitrogen and oxygen atoms in total. The Morgan fingerprint density at radius 1 is 1.02 bits per heavy atom. The summed E-state index contributed by atoms with van der Waals surface area (Å²) in [5.74, 6) is 0.548. The van der Waals surface area contributed by atoms with E-state index in [9.17, 15) is 9.59 Å². The summed E-state index contributed by atoms with van der Waals surface area (Å²) >= 11 is 0. The number of hydrogen-bond donors (Lipinski definition) is 1. The average Bonchev–Trinajstić information content (AvgIpc) is 3.35. The molecule has 1 fully saturated rings. The van der Waals surface area contributed by atoms with E-state index in [1.807, 2.05) is 51.1 Å². The lowest BCUT2D eigenvalue weighted by Gasteiger charge is -2.42. The molecular formula is C32H44N6O3. The number of piperazine rings is 1. The number of aromatic nitrogens is 4. The van der Waals surface area contributed by atoms with Crippen molar-refractivity contribution in [1.82, 2.24) is 30.2 Å². The number of aromatic amines is 1. The van der Waals surface area contributed by atoms with E-state index in [1.54, 1.807) is 9.80 Å². The first-order valence-corrected chi connectivity index (χ1v) is 14.6. The Morgan fingerprint density at radius 2 is 1.76 bits per heavy atom. The molecule has 1 aliphatic heterocycles. The van der Waals surface area contributed by atoms with Crippen LogP contribution in [0.3, 0.4) is 0 Å². The molecule has 0 saturated carbocycles. The molecule has 1 aromatic carbocycles. The normalized spacial score (nSPS) is 16.0. The van der Waals surface area contributed by atoms with Crippen molar-refractivity contribution in [2.24, 2.45) is 11.8 Å². The first kappa shape index (κ1) is 30.2. The summed E-state index contributed by atoms with van der Waals surface area (Å²) in [7, 11) is 0. The Kier molecular flexibility index (Phi) is 9.46. The summed E-state index contributed by atoms with van der Waals surface area (Å²) in [6.45, 7) is 15.4. The predicted octanol–water partition coefficient (Wildman–Crippen LogP) is 5.76. The van der Waals surface area contributed by atoms with Crippen molar-refractivity contribution in [3.8, 4) is 11.4 Å². The number of H-pyrrole nitrogens is 1. The highest BCUT2D eigenvalue weighted by Gasteiger charge is 2.36. The monoisotopic (exact) mass is 560 g/mol. The highest BCUT2D eigenvalue weighted by molar-refractivity contribution is 5.93. The van der Waals surface area contributed by atoms with Crippen LogP contribution in [0.25, 0.3) is 11.4 Å². The molecule has 2 aromatic heterocycles. The lowest BCUT2D eigenvalue weighted by atomic mass is 9.98. The standard InChI is InChI=1S/C32H44N6O3/c1-21(2)15-24-18-28(35-36-29(24)27-19-25(33-34-27)17-23-11-9-8-10-12-23)30(39)37-13-14-38(26(20-37)16-22(3)4)31(40)41-32(5,6)7/h8-12,18-19,21-22,26H,13-17,20H2,1-7H3,(H,33,34)/t26-/m0/s1. The fourth-order valence-electron chi connectivity index (χ4n) is 5.24. The van der Waals surface area contributed by atoms with Gasteiger partial charge in [0, 0.05) is 31.7 Å². The summed E-state index contributed by atoms with van der Waals surface area (Å²) in [6.07, 6.45) is 1.93. The van der Waals surface area contributed by atoms with Crippen LogP contribution in [0.1, 0.15) is 82.2 Å². The largest absolute Gasteiger partial charge is 0.444 e. The van der Waals surface area contributed by atoms with Gasteiger partial charge in [-0.25, -0.2) is 4.79 Å². The van der Waals surface area contributed by atoms with Crippen LogP contribution in [-0.4, -0.2) is 73.5 Å². The maximum atomic E-state index is 13.7. The lowest BCUT2D eigenvalue weighted by molar-refractivity contribution is -0.00368. The molecule has 220 valence electrons. The molecule has 1 N–H and O–H groups in total. The molecular weight excluding hydrogens is 516 g/mol. The highest BCUT2D eigenvalue weighted by atomic mass is 16.6. The minimum atomic E-state index is -0.576. The topological polar surface area (TPSA) is 104 Å². The molecule has 41 heavy (non-hydrogen) atoms. The van der Waals surface area contributed by atoms with Crippen LogP contribution in [0.15, 0.2) is 42.5 Å². The van der Waals surface area contributed by atoms with E-state index in [0.29, 0.717) is 42.9 Å².